The quantitative estimate of drug-likeness (QED) is 0.811. The molecule has 0 aliphatic heterocycles. The number of halogens is 1. The number of primary sulfonamides is 1. The zero-order valence-corrected chi connectivity index (χ0v) is 12.7. The fourth-order valence-corrected chi connectivity index (χ4v) is 3.64. The second kappa shape index (κ2) is 5.76. The van der Waals surface area contributed by atoms with Crippen LogP contribution in [0.1, 0.15) is 11.1 Å². The highest BCUT2D eigenvalue weighted by molar-refractivity contribution is 7.89. The normalized spacial score (nSPS) is 12.3. The van der Waals surface area contributed by atoms with E-state index in [1.54, 1.807) is 0 Å². The van der Waals surface area contributed by atoms with Gasteiger partial charge in [-0.05, 0) is 35.4 Å². The van der Waals surface area contributed by atoms with Gasteiger partial charge in [0.25, 0.3) is 10.1 Å². The van der Waals surface area contributed by atoms with Gasteiger partial charge in [0, 0.05) is 6.42 Å². The zero-order chi connectivity index (χ0) is 16.5. The molecule has 2 rings (SSSR count). The Bertz CT molecular complexity index is 856. The van der Waals surface area contributed by atoms with Crippen LogP contribution in [0.4, 0.5) is 4.39 Å². The lowest BCUT2D eigenvalue weighted by molar-refractivity contribution is 0.482. The topological polar surface area (TPSA) is 115 Å². The zero-order valence-electron chi connectivity index (χ0n) is 11.1. The summed E-state index contributed by atoms with van der Waals surface area (Å²) in [4.78, 5) is -0.963. The lowest BCUT2D eigenvalue weighted by atomic mass is 10.0. The molecule has 2 aromatic rings. The number of nitrogens with two attached hydrogens (primary N) is 1. The van der Waals surface area contributed by atoms with Gasteiger partial charge in [-0.1, -0.05) is 18.2 Å². The minimum atomic E-state index is -4.64. The van der Waals surface area contributed by atoms with E-state index in [0.29, 0.717) is 5.56 Å². The van der Waals surface area contributed by atoms with E-state index in [1.165, 1.54) is 12.1 Å². The Balaban J connectivity index is 2.68. The van der Waals surface area contributed by atoms with Gasteiger partial charge >= 0.3 is 0 Å². The van der Waals surface area contributed by atoms with Crippen LogP contribution in [0.3, 0.4) is 0 Å². The van der Waals surface area contributed by atoms with E-state index >= 15 is 0 Å². The Labute approximate surface area is 127 Å². The van der Waals surface area contributed by atoms with Crippen LogP contribution in [0, 0.1) is 5.82 Å². The van der Waals surface area contributed by atoms with Gasteiger partial charge in [-0.25, -0.2) is 17.9 Å². The van der Waals surface area contributed by atoms with Crippen molar-refractivity contribution >= 4 is 20.1 Å². The summed E-state index contributed by atoms with van der Waals surface area (Å²) in [5.74, 6) is -0.488. The Morgan fingerprint density at radius 3 is 2.00 bits per heavy atom. The first kappa shape index (κ1) is 16.6. The molecule has 0 saturated heterocycles. The summed E-state index contributed by atoms with van der Waals surface area (Å²) in [5.41, 5.74) is 0.293. The number of sulfonamides is 1. The van der Waals surface area contributed by atoms with Crippen LogP contribution in [0.5, 0.6) is 0 Å². The van der Waals surface area contributed by atoms with Crippen molar-refractivity contribution in [2.75, 3.05) is 0 Å². The molecule has 0 amide bonds. The molecule has 0 fully saturated rings. The molecule has 0 bridgehead atoms. The van der Waals surface area contributed by atoms with E-state index in [4.69, 9.17) is 5.14 Å². The van der Waals surface area contributed by atoms with Crippen LogP contribution >= 0.6 is 0 Å². The van der Waals surface area contributed by atoms with Gasteiger partial charge in [0.1, 0.15) is 5.82 Å². The third kappa shape index (κ3) is 3.69. The van der Waals surface area contributed by atoms with Gasteiger partial charge in [-0.3, -0.25) is 4.55 Å². The fourth-order valence-electron chi connectivity index (χ4n) is 2.03. The molecule has 0 radical (unpaired) electrons. The third-order valence-corrected chi connectivity index (χ3v) is 4.90. The second-order valence-corrected chi connectivity index (χ2v) is 7.48. The maximum atomic E-state index is 12.9. The molecule has 0 unspecified atom stereocenters. The van der Waals surface area contributed by atoms with Crippen molar-refractivity contribution in [2.24, 2.45) is 5.14 Å². The van der Waals surface area contributed by atoms with Crippen molar-refractivity contribution < 1.29 is 25.8 Å². The summed E-state index contributed by atoms with van der Waals surface area (Å²) >= 11 is 0. The molecular weight excluding hydrogens is 333 g/mol. The smallest absolute Gasteiger partial charge is 0.282 e. The Hall–Kier alpha value is -1.81. The van der Waals surface area contributed by atoms with Gasteiger partial charge in [0.15, 0.2) is 0 Å². The van der Waals surface area contributed by atoms with Crippen LogP contribution in [0.2, 0.25) is 0 Å². The van der Waals surface area contributed by atoms with Crippen molar-refractivity contribution in [3.63, 3.8) is 0 Å². The van der Waals surface area contributed by atoms with Gasteiger partial charge in [-0.15, -0.1) is 0 Å². The fraction of sp³-hybridized carbons (Fsp3) is 0.0769. The number of hydrogen-bond donors (Lipinski definition) is 2. The van der Waals surface area contributed by atoms with Crippen LogP contribution in [-0.4, -0.2) is 21.4 Å². The summed E-state index contributed by atoms with van der Waals surface area (Å²) in [5, 5.41) is 5.08. The summed E-state index contributed by atoms with van der Waals surface area (Å²) in [6.07, 6.45) is -0.151. The standard InChI is InChI=1S/C13H12FNO5S2/c14-10-6-4-9(5-7-10)8-11-12(21(15,16)17)2-1-3-13(11)22(18,19)20/h1-7H,8H2,(H2,15,16,17)(H,18,19,20). The third-order valence-electron chi connectivity index (χ3n) is 2.97. The summed E-state index contributed by atoms with van der Waals surface area (Å²) in [6.45, 7) is 0. The highest BCUT2D eigenvalue weighted by Gasteiger charge is 2.23. The van der Waals surface area contributed by atoms with Crippen LogP contribution in [0.15, 0.2) is 52.3 Å². The molecule has 0 aliphatic carbocycles. The minimum Gasteiger partial charge on any atom is -0.282 e. The van der Waals surface area contributed by atoms with Crippen molar-refractivity contribution in [1.29, 1.82) is 0 Å². The highest BCUT2D eigenvalue weighted by atomic mass is 32.2. The van der Waals surface area contributed by atoms with Gasteiger partial charge < -0.3 is 0 Å². The van der Waals surface area contributed by atoms with Crippen molar-refractivity contribution in [1.82, 2.24) is 0 Å². The maximum Gasteiger partial charge on any atom is 0.294 e. The summed E-state index contributed by atoms with van der Waals surface area (Å²) in [7, 11) is -8.83. The molecule has 0 heterocycles. The monoisotopic (exact) mass is 345 g/mol. The van der Waals surface area contributed by atoms with Gasteiger partial charge in [-0.2, -0.15) is 8.42 Å². The molecule has 3 N–H and O–H groups in total. The van der Waals surface area contributed by atoms with E-state index < -0.39 is 35.7 Å². The molecule has 0 aromatic heterocycles. The van der Waals surface area contributed by atoms with E-state index in [1.807, 2.05) is 0 Å². The van der Waals surface area contributed by atoms with Crippen molar-refractivity contribution in [2.45, 2.75) is 16.2 Å². The van der Waals surface area contributed by atoms with Crippen LogP contribution in [-0.2, 0) is 26.6 Å². The molecule has 0 spiro atoms. The number of hydrogen-bond acceptors (Lipinski definition) is 4. The van der Waals surface area contributed by atoms with Gasteiger partial charge in [0.2, 0.25) is 10.0 Å². The molecular formula is C13H12FNO5S2. The lowest BCUT2D eigenvalue weighted by Crippen LogP contribution is -2.17. The first-order valence-corrected chi connectivity index (χ1v) is 8.94. The molecule has 6 nitrogen and oxygen atoms in total. The maximum absolute atomic E-state index is 12.9. The molecule has 118 valence electrons. The molecule has 2 aromatic carbocycles. The van der Waals surface area contributed by atoms with E-state index in [-0.39, 0.29) is 12.0 Å². The Morgan fingerprint density at radius 1 is 0.955 bits per heavy atom. The lowest BCUT2D eigenvalue weighted by Gasteiger charge is -2.12. The average molecular weight is 345 g/mol. The molecule has 0 saturated carbocycles. The van der Waals surface area contributed by atoms with Crippen molar-refractivity contribution in [3.05, 3.63) is 59.4 Å². The summed E-state index contributed by atoms with van der Waals surface area (Å²) in [6, 6.07) is 8.44. The van der Waals surface area contributed by atoms with Crippen molar-refractivity contribution in [3.8, 4) is 0 Å². The molecule has 0 aliphatic rings. The SMILES string of the molecule is NS(=O)(=O)c1cccc(S(=O)(=O)O)c1Cc1ccc(F)cc1. The molecule has 0 atom stereocenters. The van der Waals surface area contributed by atoms with E-state index in [2.05, 4.69) is 0 Å². The van der Waals surface area contributed by atoms with E-state index in [9.17, 15) is 25.8 Å². The largest absolute Gasteiger partial charge is 0.294 e. The average Bonchev–Trinajstić information content (AvgIpc) is 2.39. The van der Waals surface area contributed by atoms with E-state index in [0.717, 1.165) is 30.3 Å². The number of rotatable bonds is 4. The number of benzene rings is 2. The minimum absolute atomic E-state index is 0.151. The van der Waals surface area contributed by atoms with Crippen LogP contribution in [0.25, 0.3) is 0 Å². The first-order valence-electron chi connectivity index (χ1n) is 5.95. The molecule has 22 heavy (non-hydrogen) atoms. The second-order valence-electron chi connectivity index (χ2n) is 4.56. The Morgan fingerprint density at radius 2 is 1.50 bits per heavy atom. The van der Waals surface area contributed by atoms with Gasteiger partial charge in [0.05, 0.1) is 9.79 Å². The summed E-state index contributed by atoms with van der Waals surface area (Å²) < 4.78 is 68.3. The predicted molar refractivity (Wildman–Crippen MR) is 76.8 cm³/mol. The Kier molecular flexibility index (Phi) is 4.34. The van der Waals surface area contributed by atoms with Crippen LogP contribution < -0.4 is 5.14 Å². The first-order chi connectivity index (χ1) is 10.1. The highest BCUT2D eigenvalue weighted by Crippen LogP contribution is 2.25. The molecule has 9 heteroatoms. The predicted octanol–water partition coefficient (Wildman–Crippen LogP) is 1.31.